The Labute approximate surface area is 192 Å². The number of fused-ring (bicyclic) bond motifs is 1. The maximum absolute atomic E-state index is 13.3. The maximum Gasteiger partial charge on any atom is 0.341 e. The van der Waals surface area contributed by atoms with Crippen LogP contribution in [0.3, 0.4) is 0 Å². The van der Waals surface area contributed by atoms with E-state index in [4.69, 9.17) is 23.7 Å². The van der Waals surface area contributed by atoms with Crippen LogP contribution in [0.2, 0.25) is 0 Å². The second-order valence-corrected chi connectivity index (χ2v) is 8.74. The molecule has 3 aliphatic rings. The smallest absolute Gasteiger partial charge is 0.341 e. The van der Waals surface area contributed by atoms with E-state index in [9.17, 15) is 9.90 Å². The van der Waals surface area contributed by atoms with Crippen LogP contribution in [0.15, 0.2) is 42.0 Å². The van der Waals surface area contributed by atoms with Crippen molar-refractivity contribution in [2.45, 2.75) is 44.3 Å². The van der Waals surface area contributed by atoms with Gasteiger partial charge in [-0.15, -0.1) is 0 Å². The molecule has 7 heteroatoms. The van der Waals surface area contributed by atoms with Crippen LogP contribution in [0.25, 0.3) is 5.57 Å². The summed E-state index contributed by atoms with van der Waals surface area (Å²) in [5.41, 5.74) is 2.00. The van der Waals surface area contributed by atoms with E-state index in [2.05, 4.69) is 0 Å². The van der Waals surface area contributed by atoms with Gasteiger partial charge in [-0.05, 0) is 54.3 Å². The van der Waals surface area contributed by atoms with E-state index in [0.717, 1.165) is 25.7 Å². The minimum Gasteiger partial charge on any atom is -0.497 e. The molecule has 2 aromatic rings. The molecule has 1 unspecified atom stereocenters. The monoisotopic (exact) mass is 452 g/mol. The third-order valence-electron chi connectivity index (χ3n) is 6.80. The SMILES string of the molecule is COc1ccc(C2(O)OC(=O)C(c3cc(OC)c4c(c3)OCO4)=C2CC2CCCCC2)cc1. The number of benzene rings is 2. The molecule has 174 valence electrons. The molecule has 1 atom stereocenters. The largest absolute Gasteiger partial charge is 0.497 e. The van der Waals surface area contributed by atoms with Crippen LogP contribution >= 0.6 is 0 Å². The molecular formula is C26H28O7. The van der Waals surface area contributed by atoms with Crippen LogP contribution in [-0.4, -0.2) is 32.1 Å². The first-order valence-electron chi connectivity index (χ1n) is 11.4. The number of hydrogen-bond donors (Lipinski definition) is 1. The predicted molar refractivity (Wildman–Crippen MR) is 120 cm³/mol. The average Bonchev–Trinajstić information content (AvgIpc) is 3.41. The zero-order chi connectivity index (χ0) is 23.0. The van der Waals surface area contributed by atoms with E-state index < -0.39 is 11.8 Å². The second-order valence-electron chi connectivity index (χ2n) is 8.74. The lowest BCUT2D eigenvalue weighted by atomic mass is 9.80. The quantitative estimate of drug-likeness (QED) is 0.644. The Morgan fingerprint density at radius 3 is 2.48 bits per heavy atom. The highest BCUT2D eigenvalue weighted by Crippen LogP contribution is 2.50. The lowest BCUT2D eigenvalue weighted by Crippen LogP contribution is -2.30. The second kappa shape index (κ2) is 8.63. The van der Waals surface area contributed by atoms with Crippen LogP contribution in [0.5, 0.6) is 23.0 Å². The van der Waals surface area contributed by atoms with Crippen molar-refractivity contribution in [3.8, 4) is 23.0 Å². The molecule has 5 rings (SSSR count). The van der Waals surface area contributed by atoms with Gasteiger partial charge in [0.15, 0.2) is 11.5 Å². The summed E-state index contributed by atoms with van der Waals surface area (Å²) >= 11 is 0. The highest BCUT2D eigenvalue weighted by atomic mass is 16.7. The molecule has 0 amide bonds. The van der Waals surface area contributed by atoms with Crippen molar-refractivity contribution >= 4 is 11.5 Å². The van der Waals surface area contributed by atoms with Gasteiger partial charge in [0.1, 0.15) is 5.75 Å². The standard InChI is InChI=1S/C26H28O7/c1-29-19-10-8-18(9-11-19)26(28)20(12-16-6-4-3-5-7-16)23(25(27)33-26)17-13-21(30-2)24-22(14-17)31-15-32-24/h8-11,13-14,16,28H,3-7,12,15H2,1-2H3. The van der Waals surface area contributed by atoms with Crippen molar-refractivity contribution in [2.75, 3.05) is 21.0 Å². The average molecular weight is 453 g/mol. The van der Waals surface area contributed by atoms with Gasteiger partial charge in [0.25, 0.3) is 5.79 Å². The summed E-state index contributed by atoms with van der Waals surface area (Å²) in [5.74, 6) is 0.0927. The van der Waals surface area contributed by atoms with Crippen molar-refractivity contribution in [3.63, 3.8) is 0 Å². The van der Waals surface area contributed by atoms with Gasteiger partial charge in [-0.1, -0.05) is 32.1 Å². The molecule has 1 saturated carbocycles. The lowest BCUT2D eigenvalue weighted by molar-refractivity contribution is -0.185. The first-order valence-corrected chi connectivity index (χ1v) is 11.4. The van der Waals surface area contributed by atoms with Crippen molar-refractivity contribution in [1.29, 1.82) is 0 Å². The van der Waals surface area contributed by atoms with Gasteiger partial charge >= 0.3 is 5.97 Å². The number of carbonyl (C=O) groups excluding carboxylic acids is 1. The van der Waals surface area contributed by atoms with E-state index in [1.54, 1.807) is 50.6 Å². The number of esters is 1. The molecule has 33 heavy (non-hydrogen) atoms. The Balaban J connectivity index is 1.64. The normalized spacial score (nSPS) is 22.5. The molecule has 2 aliphatic heterocycles. The third kappa shape index (κ3) is 3.80. The molecule has 0 saturated heterocycles. The number of carbonyl (C=O) groups is 1. The van der Waals surface area contributed by atoms with Gasteiger partial charge < -0.3 is 28.8 Å². The molecule has 7 nitrogen and oxygen atoms in total. The zero-order valence-corrected chi connectivity index (χ0v) is 18.9. The third-order valence-corrected chi connectivity index (χ3v) is 6.80. The molecule has 1 fully saturated rings. The molecule has 1 N–H and O–H groups in total. The van der Waals surface area contributed by atoms with E-state index >= 15 is 0 Å². The Hall–Kier alpha value is -3.19. The molecule has 2 heterocycles. The summed E-state index contributed by atoms with van der Waals surface area (Å²) in [6.07, 6.45) is 6.23. The number of ether oxygens (including phenoxy) is 5. The minimum absolute atomic E-state index is 0.0867. The first kappa shape index (κ1) is 21.6. The fourth-order valence-electron chi connectivity index (χ4n) is 5.08. The molecule has 0 spiro atoms. The summed E-state index contributed by atoms with van der Waals surface area (Å²) in [5, 5.41) is 11.8. The van der Waals surface area contributed by atoms with Gasteiger partial charge in [-0.3, -0.25) is 0 Å². The number of cyclic esters (lactones) is 1. The van der Waals surface area contributed by atoms with Gasteiger partial charge in [-0.25, -0.2) is 4.79 Å². The van der Waals surface area contributed by atoms with Crippen LogP contribution in [0, 0.1) is 5.92 Å². The van der Waals surface area contributed by atoms with E-state index in [1.807, 2.05) is 0 Å². The summed E-state index contributed by atoms with van der Waals surface area (Å²) in [4.78, 5) is 13.3. The topological polar surface area (TPSA) is 83.5 Å². The number of hydrogen-bond acceptors (Lipinski definition) is 7. The Morgan fingerprint density at radius 1 is 1.03 bits per heavy atom. The molecule has 2 aromatic carbocycles. The maximum atomic E-state index is 13.3. The van der Waals surface area contributed by atoms with Gasteiger partial charge in [0.05, 0.1) is 19.8 Å². The minimum atomic E-state index is -1.85. The fraction of sp³-hybridized carbons (Fsp3) is 0.423. The fourth-order valence-corrected chi connectivity index (χ4v) is 5.08. The lowest BCUT2D eigenvalue weighted by Gasteiger charge is -2.29. The Kier molecular flexibility index (Phi) is 5.66. The molecular weight excluding hydrogens is 424 g/mol. The van der Waals surface area contributed by atoms with Crippen molar-refractivity contribution < 1.29 is 33.6 Å². The highest BCUT2D eigenvalue weighted by molar-refractivity contribution is 6.20. The first-order chi connectivity index (χ1) is 16.0. The van der Waals surface area contributed by atoms with Crippen LogP contribution in [0.4, 0.5) is 0 Å². The molecule has 0 radical (unpaired) electrons. The Bertz CT molecular complexity index is 1080. The van der Waals surface area contributed by atoms with Gasteiger partial charge in [0.2, 0.25) is 12.5 Å². The molecule has 0 aromatic heterocycles. The van der Waals surface area contributed by atoms with Gasteiger partial charge in [-0.2, -0.15) is 0 Å². The van der Waals surface area contributed by atoms with Crippen molar-refractivity contribution in [1.82, 2.24) is 0 Å². The number of methoxy groups -OCH3 is 2. The van der Waals surface area contributed by atoms with E-state index in [1.165, 1.54) is 6.42 Å². The predicted octanol–water partition coefficient (Wildman–Crippen LogP) is 4.56. The van der Waals surface area contributed by atoms with E-state index in [-0.39, 0.29) is 6.79 Å². The summed E-state index contributed by atoms with van der Waals surface area (Å²) < 4.78 is 27.5. The highest BCUT2D eigenvalue weighted by Gasteiger charge is 2.49. The molecule has 0 bridgehead atoms. The number of aliphatic hydroxyl groups is 1. The van der Waals surface area contributed by atoms with Crippen molar-refractivity contribution in [3.05, 3.63) is 53.1 Å². The zero-order valence-electron chi connectivity index (χ0n) is 18.9. The van der Waals surface area contributed by atoms with Gasteiger partial charge in [0, 0.05) is 11.1 Å². The van der Waals surface area contributed by atoms with E-state index in [0.29, 0.717) is 57.6 Å². The summed E-state index contributed by atoms with van der Waals surface area (Å²) in [7, 11) is 3.12. The molecule has 1 aliphatic carbocycles. The summed E-state index contributed by atoms with van der Waals surface area (Å²) in [6.45, 7) is 0.0867. The summed E-state index contributed by atoms with van der Waals surface area (Å²) in [6, 6.07) is 10.5. The Morgan fingerprint density at radius 2 is 1.79 bits per heavy atom. The number of rotatable bonds is 6. The van der Waals surface area contributed by atoms with Crippen LogP contribution in [-0.2, 0) is 15.3 Å². The van der Waals surface area contributed by atoms with Crippen LogP contribution in [0.1, 0.15) is 49.7 Å². The van der Waals surface area contributed by atoms with Crippen LogP contribution < -0.4 is 18.9 Å². The van der Waals surface area contributed by atoms with Crippen molar-refractivity contribution in [2.24, 2.45) is 5.92 Å².